The van der Waals surface area contributed by atoms with Gasteiger partial charge >= 0.3 is 0 Å². The van der Waals surface area contributed by atoms with Crippen molar-refractivity contribution in [1.82, 2.24) is 4.98 Å². The molecule has 0 aliphatic rings. The van der Waals surface area contributed by atoms with Gasteiger partial charge in [0, 0.05) is 23.0 Å². The van der Waals surface area contributed by atoms with E-state index >= 15 is 0 Å². The molecule has 0 bridgehead atoms. The van der Waals surface area contributed by atoms with Crippen molar-refractivity contribution in [2.75, 3.05) is 5.32 Å². The fourth-order valence-corrected chi connectivity index (χ4v) is 2.06. The Hall–Kier alpha value is -2.35. The number of para-hydroxylation sites is 1. The summed E-state index contributed by atoms with van der Waals surface area (Å²) in [6, 6.07) is 18.5. The Morgan fingerprint density at radius 2 is 1.72 bits per heavy atom. The summed E-state index contributed by atoms with van der Waals surface area (Å²) in [5.74, 6) is 0. The highest BCUT2D eigenvalue weighted by molar-refractivity contribution is 5.85. The summed E-state index contributed by atoms with van der Waals surface area (Å²) in [6.45, 7) is 2.11. The van der Waals surface area contributed by atoms with Crippen molar-refractivity contribution < 1.29 is 0 Å². The zero-order valence-corrected chi connectivity index (χ0v) is 10.2. The molecule has 0 aliphatic carbocycles. The molecule has 2 aromatic carbocycles. The van der Waals surface area contributed by atoms with E-state index in [9.17, 15) is 0 Å². The minimum atomic E-state index is 1.02. The second kappa shape index (κ2) is 4.49. The highest BCUT2D eigenvalue weighted by Crippen LogP contribution is 2.22. The Bertz CT molecular complexity index is 675. The van der Waals surface area contributed by atoms with E-state index in [1.54, 1.807) is 0 Å². The lowest BCUT2D eigenvalue weighted by atomic mass is 10.1. The van der Waals surface area contributed by atoms with E-state index in [1.807, 2.05) is 42.6 Å². The van der Waals surface area contributed by atoms with Gasteiger partial charge in [-0.05, 0) is 42.8 Å². The second-order valence-corrected chi connectivity index (χ2v) is 4.35. The number of hydrogen-bond acceptors (Lipinski definition) is 2. The third kappa shape index (κ3) is 2.05. The van der Waals surface area contributed by atoms with Crippen LogP contribution in [0.2, 0.25) is 0 Å². The van der Waals surface area contributed by atoms with Crippen LogP contribution in [-0.4, -0.2) is 4.98 Å². The van der Waals surface area contributed by atoms with Crippen LogP contribution < -0.4 is 5.32 Å². The molecule has 1 N–H and O–H groups in total. The van der Waals surface area contributed by atoms with Gasteiger partial charge in [-0.1, -0.05) is 24.3 Å². The van der Waals surface area contributed by atoms with E-state index in [4.69, 9.17) is 0 Å². The predicted molar refractivity (Wildman–Crippen MR) is 76.2 cm³/mol. The molecule has 2 nitrogen and oxygen atoms in total. The second-order valence-electron chi connectivity index (χ2n) is 4.35. The average Bonchev–Trinajstić information content (AvgIpc) is 2.40. The molecule has 88 valence electrons. The van der Waals surface area contributed by atoms with Crippen LogP contribution >= 0.6 is 0 Å². The number of pyridine rings is 1. The molecular formula is C16H14N2. The van der Waals surface area contributed by atoms with Crippen LogP contribution in [0.4, 0.5) is 11.4 Å². The van der Waals surface area contributed by atoms with Gasteiger partial charge in [0.25, 0.3) is 0 Å². The summed E-state index contributed by atoms with van der Waals surface area (Å²) >= 11 is 0. The van der Waals surface area contributed by atoms with Crippen molar-refractivity contribution in [3.63, 3.8) is 0 Å². The van der Waals surface area contributed by atoms with E-state index in [2.05, 4.69) is 35.4 Å². The lowest BCUT2D eigenvalue weighted by molar-refractivity contribution is 1.37. The fraction of sp³-hybridized carbons (Fsp3) is 0.0625. The first-order valence-corrected chi connectivity index (χ1v) is 6.00. The van der Waals surface area contributed by atoms with Gasteiger partial charge in [0.2, 0.25) is 0 Å². The topological polar surface area (TPSA) is 24.9 Å². The van der Waals surface area contributed by atoms with Gasteiger partial charge in [0.1, 0.15) is 0 Å². The predicted octanol–water partition coefficient (Wildman–Crippen LogP) is 4.29. The van der Waals surface area contributed by atoms with E-state index in [0.29, 0.717) is 0 Å². The number of fused-ring (bicyclic) bond motifs is 1. The molecule has 0 saturated heterocycles. The van der Waals surface area contributed by atoms with Gasteiger partial charge < -0.3 is 5.32 Å². The maximum absolute atomic E-state index is 4.40. The maximum atomic E-state index is 4.40. The minimum Gasteiger partial charge on any atom is -0.355 e. The third-order valence-corrected chi connectivity index (χ3v) is 3.02. The molecule has 0 atom stereocenters. The van der Waals surface area contributed by atoms with E-state index in [-0.39, 0.29) is 0 Å². The SMILES string of the molecule is Cc1ccnc2cc(Nc3ccccc3)ccc12. The largest absolute Gasteiger partial charge is 0.355 e. The number of benzene rings is 2. The van der Waals surface area contributed by atoms with Crippen LogP contribution in [0.3, 0.4) is 0 Å². The maximum Gasteiger partial charge on any atom is 0.0725 e. The number of anilines is 2. The Morgan fingerprint density at radius 1 is 0.889 bits per heavy atom. The van der Waals surface area contributed by atoms with Gasteiger partial charge in [-0.2, -0.15) is 0 Å². The quantitative estimate of drug-likeness (QED) is 0.715. The minimum absolute atomic E-state index is 1.02. The molecule has 0 spiro atoms. The highest BCUT2D eigenvalue weighted by Gasteiger charge is 2.00. The van der Waals surface area contributed by atoms with E-state index in [0.717, 1.165) is 16.9 Å². The molecule has 0 amide bonds. The zero-order chi connectivity index (χ0) is 12.4. The van der Waals surface area contributed by atoms with Gasteiger partial charge in [0.15, 0.2) is 0 Å². The Labute approximate surface area is 106 Å². The van der Waals surface area contributed by atoms with E-state index in [1.165, 1.54) is 10.9 Å². The number of nitrogens with one attached hydrogen (secondary N) is 1. The lowest BCUT2D eigenvalue weighted by Gasteiger charge is -2.08. The smallest absolute Gasteiger partial charge is 0.0725 e. The van der Waals surface area contributed by atoms with Crippen molar-refractivity contribution in [2.45, 2.75) is 6.92 Å². The first kappa shape index (κ1) is 10.8. The molecule has 0 fully saturated rings. The first-order chi connectivity index (χ1) is 8.83. The summed E-state index contributed by atoms with van der Waals surface area (Å²) in [4.78, 5) is 4.40. The number of rotatable bonds is 2. The molecule has 3 aromatic rings. The lowest BCUT2D eigenvalue weighted by Crippen LogP contribution is -1.90. The molecule has 0 radical (unpaired) electrons. The fourth-order valence-electron chi connectivity index (χ4n) is 2.06. The molecule has 1 aromatic heterocycles. The number of aryl methyl sites for hydroxylation is 1. The van der Waals surface area contributed by atoms with Crippen molar-refractivity contribution in [2.24, 2.45) is 0 Å². The monoisotopic (exact) mass is 234 g/mol. The van der Waals surface area contributed by atoms with Gasteiger partial charge in [-0.3, -0.25) is 4.98 Å². The van der Waals surface area contributed by atoms with E-state index < -0.39 is 0 Å². The Kier molecular flexibility index (Phi) is 2.69. The van der Waals surface area contributed by atoms with Crippen molar-refractivity contribution >= 4 is 22.3 Å². The summed E-state index contributed by atoms with van der Waals surface area (Å²) < 4.78 is 0. The molecule has 0 saturated carbocycles. The van der Waals surface area contributed by atoms with Gasteiger partial charge in [-0.15, -0.1) is 0 Å². The van der Waals surface area contributed by atoms with Crippen LogP contribution in [0.25, 0.3) is 10.9 Å². The van der Waals surface area contributed by atoms with Crippen molar-refractivity contribution in [3.8, 4) is 0 Å². The zero-order valence-electron chi connectivity index (χ0n) is 10.2. The normalized spacial score (nSPS) is 10.5. The molecule has 0 unspecified atom stereocenters. The van der Waals surface area contributed by atoms with Crippen LogP contribution in [0, 0.1) is 6.92 Å². The first-order valence-electron chi connectivity index (χ1n) is 6.00. The summed E-state index contributed by atoms with van der Waals surface area (Å²) in [5, 5.41) is 4.58. The molecule has 1 heterocycles. The summed E-state index contributed by atoms with van der Waals surface area (Å²) in [5.41, 5.74) is 4.43. The molecule has 2 heteroatoms. The van der Waals surface area contributed by atoms with Crippen molar-refractivity contribution in [1.29, 1.82) is 0 Å². The van der Waals surface area contributed by atoms with Crippen molar-refractivity contribution in [3.05, 3.63) is 66.4 Å². The van der Waals surface area contributed by atoms with Crippen LogP contribution in [0.1, 0.15) is 5.56 Å². The summed E-state index contributed by atoms with van der Waals surface area (Å²) in [6.07, 6.45) is 1.85. The van der Waals surface area contributed by atoms with Crippen LogP contribution in [0.5, 0.6) is 0 Å². The van der Waals surface area contributed by atoms with Crippen LogP contribution in [-0.2, 0) is 0 Å². The molecular weight excluding hydrogens is 220 g/mol. The Morgan fingerprint density at radius 3 is 2.56 bits per heavy atom. The standard InChI is InChI=1S/C16H14N2/c1-12-9-10-17-16-11-14(7-8-15(12)16)18-13-5-3-2-4-6-13/h2-11,18H,1H3. The van der Waals surface area contributed by atoms with Gasteiger partial charge in [-0.25, -0.2) is 0 Å². The number of aromatic nitrogens is 1. The number of hydrogen-bond donors (Lipinski definition) is 1. The average molecular weight is 234 g/mol. The molecule has 18 heavy (non-hydrogen) atoms. The Balaban J connectivity index is 1.99. The third-order valence-electron chi connectivity index (χ3n) is 3.02. The highest BCUT2D eigenvalue weighted by atomic mass is 14.9. The van der Waals surface area contributed by atoms with Crippen LogP contribution in [0.15, 0.2) is 60.8 Å². The molecule has 3 rings (SSSR count). The molecule has 0 aliphatic heterocycles. The summed E-state index contributed by atoms with van der Waals surface area (Å²) in [7, 11) is 0. The number of nitrogens with zero attached hydrogens (tertiary/aromatic N) is 1. The van der Waals surface area contributed by atoms with Gasteiger partial charge in [0.05, 0.1) is 5.52 Å².